The number of hydrogen-bond donors (Lipinski definition) is 1. The molecule has 2 aromatic rings. The summed E-state index contributed by atoms with van der Waals surface area (Å²) in [7, 11) is 1.63. The number of nitrogens with one attached hydrogen (secondary N) is 1. The maximum absolute atomic E-state index is 11.7. The molecule has 1 aromatic carbocycles. The van der Waals surface area contributed by atoms with Crippen molar-refractivity contribution in [1.82, 2.24) is 10.3 Å². The third-order valence-electron chi connectivity index (χ3n) is 2.73. The Bertz CT molecular complexity index is 520. The van der Waals surface area contributed by atoms with Crippen molar-refractivity contribution >= 4 is 27.5 Å². The van der Waals surface area contributed by atoms with Gasteiger partial charge in [-0.1, -0.05) is 12.1 Å². The summed E-state index contributed by atoms with van der Waals surface area (Å²) in [6, 6.07) is 8.08. The fourth-order valence-electron chi connectivity index (χ4n) is 1.89. The Morgan fingerprint density at radius 1 is 1.47 bits per heavy atom. The van der Waals surface area contributed by atoms with Crippen molar-refractivity contribution < 1.29 is 9.53 Å². The molecule has 0 bridgehead atoms. The van der Waals surface area contributed by atoms with Crippen molar-refractivity contribution in [2.45, 2.75) is 25.8 Å². The van der Waals surface area contributed by atoms with Gasteiger partial charge >= 0.3 is 0 Å². The molecule has 0 aliphatic rings. The quantitative estimate of drug-likeness (QED) is 0.882. The van der Waals surface area contributed by atoms with Gasteiger partial charge in [-0.15, -0.1) is 11.3 Å². The third kappa shape index (κ3) is 4.01. The Kier molecular flexibility index (Phi) is 4.87. The number of methoxy groups -OCH3 is 1. The first-order valence-electron chi connectivity index (χ1n) is 6.32. The molecule has 0 aliphatic carbocycles. The standard InChI is InChI=1S/C14H18N2O2S/c1-10(9-18-2)15-13(17)7-8-14-16-11-5-3-4-6-12(11)19-14/h3-6,10H,7-9H2,1-2H3,(H,15,17). The zero-order chi connectivity index (χ0) is 13.7. The van der Waals surface area contributed by atoms with Gasteiger partial charge in [0, 0.05) is 26.0 Å². The van der Waals surface area contributed by atoms with Gasteiger partial charge in [0.25, 0.3) is 0 Å². The molecule has 1 N–H and O–H groups in total. The number of fused-ring (bicyclic) bond motifs is 1. The molecule has 0 saturated heterocycles. The Morgan fingerprint density at radius 2 is 2.26 bits per heavy atom. The smallest absolute Gasteiger partial charge is 0.220 e. The van der Waals surface area contributed by atoms with E-state index >= 15 is 0 Å². The lowest BCUT2D eigenvalue weighted by Gasteiger charge is -2.11. The molecule has 1 atom stereocenters. The molecule has 19 heavy (non-hydrogen) atoms. The van der Waals surface area contributed by atoms with Crippen molar-refractivity contribution in [3.8, 4) is 0 Å². The second kappa shape index (κ2) is 6.63. The molecule has 0 saturated carbocycles. The van der Waals surface area contributed by atoms with Gasteiger partial charge in [-0.3, -0.25) is 4.79 Å². The molecular formula is C14H18N2O2S. The monoisotopic (exact) mass is 278 g/mol. The summed E-state index contributed by atoms with van der Waals surface area (Å²) >= 11 is 1.65. The van der Waals surface area contributed by atoms with Crippen LogP contribution in [0.25, 0.3) is 10.2 Å². The van der Waals surface area contributed by atoms with E-state index < -0.39 is 0 Å². The topological polar surface area (TPSA) is 51.2 Å². The zero-order valence-electron chi connectivity index (χ0n) is 11.2. The normalized spacial score (nSPS) is 12.5. The van der Waals surface area contributed by atoms with Crippen LogP contribution in [0.4, 0.5) is 0 Å². The Balaban J connectivity index is 1.86. The van der Waals surface area contributed by atoms with E-state index in [1.165, 1.54) is 4.70 Å². The number of amides is 1. The molecule has 4 nitrogen and oxygen atoms in total. The molecule has 0 fully saturated rings. The summed E-state index contributed by atoms with van der Waals surface area (Å²) in [5.41, 5.74) is 1.01. The second-order valence-corrected chi connectivity index (χ2v) is 5.61. The predicted octanol–water partition coefficient (Wildman–Crippen LogP) is 2.38. The maximum atomic E-state index is 11.7. The van der Waals surface area contributed by atoms with Crippen molar-refractivity contribution in [3.63, 3.8) is 0 Å². The average Bonchev–Trinajstić information content (AvgIpc) is 2.79. The molecule has 1 amide bonds. The Labute approximate surface area is 116 Å². The molecule has 1 unspecified atom stereocenters. The number of rotatable bonds is 6. The number of carbonyl (C=O) groups excluding carboxylic acids is 1. The molecule has 0 aliphatic heterocycles. The summed E-state index contributed by atoms with van der Waals surface area (Å²) in [5, 5.41) is 3.91. The third-order valence-corrected chi connectivity index (χ3v) is 3.82. The SMILES string of the molecule is COCC(C)NC(=O)CCc1nc2ccccc2s1. The number of ether oxygens (including phenoxy) is 1. The second-order valence-electron chi connectivity index (χ2n) is 4.50. The number of carbonyl (C=O) groups is 1. The largest absolute Gasteiger partial charge is 0.383 e. The van der Waals surface area contributed by atoms with Crippen LogP contribution in [0.1, 0.15) is 18.4 Å². The lowest BCUT2D eigenvalue weighted by molar-refractivity contribution is -0.122. The Morgan fingerprint density at radius 3 is 3.00 bits per heavy atom. The first kappa shape index (κ1) is 14.0. The van der Waals surface area contributed by atoms with Gasteiger partial charge in [-0.25, -0.2) is 4.98 Å². The van der Waals surface area contributed by atoms with Gasteiger partial charge in [-0.2, -0.15) is 0 Å². The van der Waals surface area contributed by atoms with Gasteiger partial charge in [0.1, 0.15) is 0 Å². The number of thiazole rings is 1. The molecule has 0 radical (unpaired) electrons. The van der Waals surface area contributed by atoms with E-state index in [0.717, 1.165) is 10.5 Å². The van der Waals surface area contributed by atoms with Crippen LogP contribution < -0.4 is 5.32 Å². The average molecular weight is 278 g/mol. The van der Waals surface area contributed by atoms with Gasteiger partial charge in [0.2, 0.25) is 5.91 Å². The van der Waals surface area contributed by atoms with E-state index in [1.54, 1.807) is 18.4 Å². The van der Waals surface area contributed by atoms with Gasteiger partial charge in [-0.05, 0) is 19.1 Å². The van der Waals surface area contributed by atoms with E-state index in [9.17, 15) is 4.79 Å². The van der Waals surface area contributed by atoms with Crippen LogP contribution in [0.2, 0.25) is 0 Å². The van der Waals surface area contributed by atoms with Gasteiger partial charge < -0.3 is 10.1 Å². The van der Waals surface area contributed by atoms with Crippen LogP contribution in [-0.2, 0) is 16.0 Å². The molecule has 1 heterocycles. The van der Waals surface area contributed by atoms with Gasteiger partial charge in [0.05, 0.1) is 21.8 Å². The van der Waals surface area contributed by atoms with Crippen LogP contribution in [0.5, 0.6) is 0 Å². The molecule has 0 spiro atoms. The van der Waals surface area contributed by atoms with E-state index in [-0.39, 0.29) is 11.9 Å². The fourth-order valence-corrected chi connectivity index (χ4v) is 2.85. The van der Waals surface area contributed by atoms with E-state index in [2.05, 4.69) is 16.4 Å². The van der Waals surface area contributed by atoms with E-state index in [4.69, 9.17) is 4.74 Å². The summed E-state index contributed by atoms with van der Waals surface area (Å²) < 4.78 is 6.15. The summed E-state index contributed by atoms with van der Waals surface area (Å²) in [4.78, 5) is 16.2. The first-order valence-corrected chi connectivity index (χ1v) is 7.13. The number of nitrogens with zero attached hydrogens (tertiary/aromatic N) is 1. The van der Waals surface area contributed by atoms with Crippen LogP contribution >= 0.6 is 11.3 Å². The van der Waals surface area contributed by atoms with Crippen LogP contribution in [0.15, 0.2) is 24.3 Å². The molecule has 1 aromatic heterocycles. The minimum absolute atomic E-state index is 0.0452. The number of aryl methyl sites for hydroxylation is 1. The van der Waals surface area contributed by atoms with Crippen molar-refractivity contribution in [3.05, 3.63) is 29.3 Å². The number of benzene rings is 1. The lowest BCUT2D eigenvalue weighted by atomic mass is 10.2. The van der Waals surface area contributed by atoms with E-state index in [1.807, 2.05) is 25.1 Å². The first-order chi connectivity index (χ1) is 9.19. The number of para-hydroxylation sites is 1. The highest BCUT2D eigenvalue weighted by atomic mass is 32.1. The van der Waals surface area contributed by atoms with Crippen LogP contribution in [0.3, 0.4) is 0 Å². The van der Waals surface area contributed by atoms with Crippen LogP contribution in [0, 0.1) is 0 Å². The lowest BCUT2D eigenvalue weighted by Crippen LogP contribution is -2.35. The highest BCUT2D eigenvalue weighted by Gasteiger charge is 2.09. The molecule has 5 heteroatoms. The van der Waals surface area contributed by atoms with Crippen molar-refractivity contribution in [2.75, 3.05) is 13.7 Å². The molecular weight excluding hydrogens is 260 g/mol. The summed E-state index contributed by atoms with van der Waals surface area (Å²) in [5.74, 6) is 0.0452. The van der Waals surface area contributed by atoms with E-state index in [0.29, 0.717) is 19.4 Å². The minimum Gasteiger partial charge on any atom is -0.383 e. The minimum atomic E-state index is 0.0452. The van der Waals surface area contributed by atoms with Crippen LogP contribution in [-0.4, -0.2) is 30.6 Å². The molecule has 102 valence electrons. The number of hydrogen-bond acceptors (Lipinski definition) is 4. The molecule has 2 rings (SSSR count). The zero-order valence-corrected chi connectivity index (χ0v) is 12.0. The number of aromatic nitrogens is 1. The predicted molar refractivity (Wildman–Crippen MR) is 77.4 cm³/mol. The maximum Gasteiger partial charge on any atom is 0.220 e. The van der Waals surface area contributed by atoms with Crippen molar-refractivity contribution in [1.29, 1.82) is 0 Å². The van der Waals surface area contributed by atoms with Crippen molar-refractivity contribution in [2.24, 2.45) is 0 Å². The summed E-state index contributed by atoms with van der Waals surface area (Å²) in [6.45, 7) is 2.46. The fraction of sp³-hybridized carbons (Fsp3) is 0.429. The highest BCUT2D eigenvalue weighted by Crippen LogP contribution is 2.22. The highest BCUT2D eigenvalue weighted by molar-refractivity contribution is 7.18. The van der Waals surface area contributed by atoms with Gasteiger partial charge in [0.15, 0.2) is 0 Å². The summed E-state index contributed by atoms with van der Waals surface area (Å²) in [6.07, 6.45) is 1.15. The Hall–Kier alpha value is -1.46.